The third-order valence-corrected chi connectivity index (χ3v) is 14.4. The predicted molar refractivity (Wildman–Crippen MR) is 204 cm³/mol. The van der Waals surface area contributed by atoms with Crippen molar-refractivity contribution < 1.29 is 0 Å². The number of nitrogens with zero attached hydrogens (tertiary/aromatic N) is 4. The van der Waals surface area contributed by atoms with E-state index in [-0.39, 0.29) is 0 Å². The minimum Gasteiger partial charge on any atom is -0.309 e. The van der Waals surface area contributed by atoms with E-state index in [4.69, 9.17) is 0 Å². The molecule has 5 heteroatoms. The maximum Gasteiger partial charge on any atom is 0.180 e. The molecule has 1 heterocycles. The molecule has 4 nitrogen and oxygen atoms in total. The number of benzene rings is 7. The van der Waals surface area contributed by atoms with E-state index < -0.39 is 8.07 Å². The van der Waals surface area contributed by atoms with Gasteiger partial charge in [-0.1, -0.05) is 121 Å². The van der Waals surface area contributed by atoms with Crippen LogP contribution in [0.1, 0.15) is 16.7 Å². The molecule has 232 valence electrons. The molecule has 0 bridgehead atoms. The predicted octanol–water partition coefficient (Wildman–Crippen LogP) is 7.44. The summed E-state index contributed by atoms with van der Waals surface area (Å²) < 4.78 is 2.22. The molecule has 1 aromatic heterocycles. The summed E-state index contributed by atoms with van der Waals surface area (Å²) in [5.41, 5.74) is 6.18. The van der Waals surface area contributed by atoms with Crippen LogP contribution in [0, 0.1) is 34.0 Å². The van der Waals surface area contributed by atoms with E-state index in [0.717, 1.165) is 59.4 Å². The minimum absolute atomic E-state index is 0.451. The van der Waals surface area contributed by atoms with E-state index >= 15 is 0 Å². The van der Waals surface area contributed by atoms with Crippen LogP contribution in [0.4, 0.5) is 0 Å². The van der Waals surface area contributed by atoms with E-state index in [2.05, 4.69) is 126 Å². The van der Waals surface area contributed by atoms with Crippen LogP contribution >= 0.6 is 0 Å². The third kappa shape index (κ3) is 4.80. The summed E-state index contributed by atoms with van der Waals surface area (Å²) in [6.07, 6.45) is 0. The van der Waals surface area contributed by atoms with Crippen molar-refractivity contribution in [3.63, 3.8) is 0 Å². The molecular formula is C45H28N4Si. The maximum atomic E-state index is 10.8. The summed E-state index contributed by atoms with van der Waals surface area (Å²) >= 11 is 0. The zero-order valence-corrected chi connectivity index (χ0v) is 28.0. The summed E-state index contributed by atoms with van der Waals surface area (Å²) in [7, 11) is -3.14. The van der Waals surface area contributed by atoms with Crippen LogP contribution in [0.5, 0.6) is 0 Å². The Balaban J connectivity index is 1.49. The summed E-state index contributed by atoms with van der Waals surface area (Å²) in [6, 6.07) is 64.9. The van der Waals surface area contributed by atoms with Crippen LogP contribution in [-0.2, 0) is 0 Å². The molecule has 0 saturated carbocycles. The summed E-state index contributed by atoms with van der Waals surface area (Å²) in [4.78, 5) is 0. The second kappa shape index (κ2) is 12.6. The zero-order chi connectivity index (χ0) is 34.1. The van der Waals surface area contributed by atoms with Gasteiger partial charge < -0.3 is 4.57 Å². The lowest BCUT2D eigenvalue weighted by molar-refractivity contribution is 1.18. The van der Waals surface area contributed by atoms with Gasteiger partial charge in [-0.25, -0.2) is 0 Å². The molecule has 0 spiro atoms. The lowest BCUT2D eigenvalue weighted by Gasteiger charge is -2.36. The SMILES string of the molecule is N#Cc1cc(C#N)c(-c2cccc(-n3c4ccccc4c4cc(C#N)ccc43)c2)c([Si](c2ccccc2)(c2ccccc2)c2ccccc2)c1. The first-order valence-corrected chi connectivity index (χ1v) is 18.4. The molecule has 8 rings (SSSR count). The Bertz CT molecular complexity index is 2580. The van der Waals surface area contributed by atoms with Gasteiger partial charge in [0.05, 0.1) is 45.9 Å². The molecular weight excluding hydrogens is 625 g/mol. The highest BCUT2D eigenvalue weighted by Crippen LogP contribution is 2.35. The molecule has 8 aromatic rings. The van der Waals surface area contributed by atoms with Crippen LogP contribution in [0.25, 0.3) is 38.6 Å². The highest BCUT2D eigenvalue weighted by atomic mass is 28.3. The van der Waals surface area contributed by atoms with Gasteiger partial charge >= 0.3 is 0 Å². The highest BCUT2D eigenvalue weighted by molar-refractivity contribution is 7.20. The molecule has 0 aliphatic heterocycles. The molecule has 0 radical (unpaired) electrons. The average Bonchev–Trinajstić information content (AvgIpc) is 3.53. The zero-order valence-electron chi connectivity index (χ0n) is 27.0. The summed E-state index contributed by atoms with van der Waals surface area (Å²) in [5.74, 6) is 0. The maximum absolute atomic E-state index is 10.8. The van der Waals surface area contributed by atoms with Gasteiger partial charge in [-0.2, -0.15) is 15.8 Å². The van der Waals surface area contributed by atoms with Gasteiger partial charge in [-0.15, -0.1) is 0 Å². The van der Waals surface area contributed by atoms with E-state index in [0.29, 0.717) is 16.7 Å². The lowest BCUT2D eigenvalue weighted by Crippen LogP contribution is -2.75. The molecule has 0 saturated heterocycles. The normalized spacial score (nSPS) is 11.1. The van der Waals surface area contributed by atoms with Crippen LogP contribution < -0.4 is 20.7 Å². The van der Waals surface area contributed by atoms with Crippen LogP contribution in [0.2, 0.25) is 0 Å². The van der Waals surface area contributed by atoms with Crippen molar-refractivity contribution in [2.24, 2.45) is 0 Å². The number of nitriles is 3. The lowest BCUT2D eigenvalue weighted by atomic mass is 9.97. The third-order valence-electron chi connectivity index (χ3n) is 9.61. The Morgan fingerprint density at radius 2 is 1.02 bits per heavy atom. The Kier molecular flexibility index (Phi) is 7.63. The number of aromatic nitrogens is 1. The number of para-hydroxylation sites is 1. The highest BCUT2D eigenvalue weighted by Gasteiger charge is 2.44. The number of rotatable bonds is 6. The van der Waals surface area contributed by atoms with Crippen molar-refractivity contribution in [2.75, 3.05) is 0 Å². The van der Waals surface area contributed by atoms with Gasteiger partial charge in [0.2, 0.25) is 0 Å². The van der Waals surface area contributed by atoms with Crippen molar-refractivity contribution >= 4 is 50.6 Å². The fourth-order valence-electron chi connectivity index (χ4n) is 7.55. The van der Waals surface area contributed by atoms with Crippen molar-refractivity contribution in [3.8, 4) is 35.0 Å². The van der Waals surface area contributed by atoms with E-state index in [9.17, 15) is 15.8 Å². The fraction of sp³-hybridized carbons (Fsp3) is 0. The quantitative estimate of drug-likeness (QED) is 0.138. The molecule has 0 unspecified atom stereocenters. The van der Waals surface area contributed by atoms with Crippen molar-refractivity contribution in [1.82, 2.24) is 4.57 Å². The largest absolute Gasteiger partial charge is 0.309 e. The Morgan fingerprint density at radius 3 is 1.62 bits per heavy atom. The molecule has 0 N–H and O–H groups in total. The molecule has 0 amide bonds. The van der Waals surface area contributed by atoms with Crippen molar-refractivity contribution in [1.29, 1.82) is 15.8 Å². The number of hydrogen-bond acceptors (Lipinski definition) is 3. The first kappa shape index (κ1) is 30.4. The van der Waals surface area contributed by atoms with Gasteiger partial charge in [0.25, 0.3) is 0 Å². The van der Waals surface area contributed by atoms with Gasteiger partial charge in [0.15, 0.2) is 8.07 Å². The second-order valence-corrected chi connectivity index (χ2v) is 16.0. The van der Waals surface area contributed by atoms with Gasteiger partial charge in [0, 0.05) is 16.5 Å². The standard InChI is InChI=1S/C45H28N4Si/c46-29-32-23-24-43-41(26-32)40-21-10-11-22-42(40)49(43)36-14-12-13-34(28-36)45-35(31-48)25-33(30-47)27-44(45)50(37-15-4-1-5-16-37,38-17-6-2-7-18-38)39-19-8-3-9-20-39/h1-28H. The molecule has 7 aromatic carbocycles. The van der Waals surface area contributed by atoms with Crippen LogP contribution in [0.3, 0.4) is 0 Å². The van der Waals surface area contributed by atoms with Crippen LogP contribution in [0.15, 0.2) is 170 Å². The first-order valence-electron chi connectivity index (χ1n) is 16.4. The summed E-state index contributed by atoms with van der Waals surface area (Å²) in [5, 5.41) is 37.4. The van der Waals surface area contributed by atoms with Crippen molar-refractivity contribution in [2.45, 2.75) is 0 Å². The van der Waals surface area contributed by atoms with E-state index in [1.807, 2.05) is 60.7 Å². The van der Waals surface area contributed by atoms with Gasteiger partial charge in [-0.3, -0.25) is 0 Å². The second-order valence-electron chi connectivity index (χ2n) is 12.3. The first-order chi connectivity index (χ1) is 24.7. The average molecular weight is 653 g/mol. The molecule has 0 fully saturated rings. The monoisotopic (exact) mass is 652 g/mol. The Morgan fingerprint density at radius 1 is 0.440 bits per heavy atom. The number of hydrogen-bond donors (Lipinski definition) is 0. The van der Waals surface area contributed by atoms with Gasteiger partial charge in [0.1, 0.15) is 0 Å². The van der Waals surface area contributed by atoms with E-state index in [1.54, 1.807) is 6.07 Å². The van der Waals surface area contributed by atoms with Crippen molar-refractivity contribution in [3.05, 3.63) is 187 Å². The minimum atomic E-state index is -3.14. The smallest absolute Gasteiger partial charge is 0.180 e. The molecule has 0 aliphatic carbocycles. The van der Waals surface area contributed by atoms with Gasteiger partial charge in [-0.05, 0) is 80.4 Å². The number of fused-ring (bicyclic) bond motifs is 3. The molecule has 0 atom stereocenters. The topological polar surface area (TPSA) is 76.3 Å². The van der Waals surface area contributed by atoms with Crippen LogP contribution in [-0.4, -0.2) is 12.6 Å². The molecule has 50 heavy (non-hydrogen) atoms. The van der Waals surface area contributed by atoms with E-state index in [1.165, 1.54) is 0 Å². The Labute approximate surface area is 291 Å². The summed E-state index contributed by atoms with van der Waals surface area (Å²) in [6.45, 7) is 0. The molecule has 0 aliphatic rings. The fourth-order valence-corrected chi connectivity index (χ4v) is 12.6. The Hall–Kier alpha value is -6.97.